The summed E-state index contributed by atoms with van der Waals surface area (Å²) in [5.74, 6) is -0.345. The number of benzene rings is 1. The molecule has 7 nitrogen and oxygen atoms in total. The van der Waals surface area contributed by atoms with Crippen molar-refractivity contribution in [2.45, 2.75) is 6.92 Å². The molecule has 0 aliphatic carbocycles. The molecule has 0 saturated carbocycles. The lowest BCUT2D eigenvalue weighted by atomic mass is 10.1. The average Bonchev–Trinajstić information content (AvgIpc) is 2.38. The van der Waals surface area contributed by atoms with Gasteiger partial charge in [-0.3, -0.25) is 14.9 Å². The molecule has 2 N–H and O–H groups in total. The smallest absolute Gasteiger partial charge is 0.293 e. The molecule has 0 aliphatic rings. The van der Waals surface area contributed by atoms with Crippen molar-refractivity contribution in [3.63, 3.8) is 0 Å². The fourth-order valence-electron chi connectivity index (χ4n) is 1.67. The number of nitrogens with zero attached hydrogens (tertiary/aromatic N) is 2. The summed E-state index contributed by atoms with van der Waals surface area (Å²) in [5, 5.41) is 22.5. The van der Waals surface area contributed by atoms with Gasteiger partial charge < -0.3 is 15.3 Å². The second kappa shape index (κ2) is 6.69. The monoisotopic (exact) mass is 267 g/mol. The van der Waals surface area contributed by atoms with E-state index in [9.17, 15) is 14.9 Å². The molecule has 0 aromatic heterocycles. The number of carbonyl (C=O) groups is 1. The number of nitrogens with one attached hydrogen (secondary N) is 1. The molecule has 0 spiro atoms. The molecule has 0 radical (unpaired) electrons. The predicted molar refractivity (Wildman–Crippen MR) is 71.5 cm³/mol. The van der Waals surface area contributed by atoms with Crippen molar-refractivity contribution in [3.05, 3.63) is 33.9 Å². The average molecular weight is 267 g/mol. The molecule has 0 atom stereocenters. The number of hydrogen-bond acceptors (Lipinski definition) is 5. The van der Waals surface area contributed by atoms with Crippen LogP contribution in [0.5, 0.6) is 0 Å². The Balaban J connectivity index is 3.14. The second-order valence-corrected chi connectivity index (χ2v) is 3.97. The Bertz CT molecular complexity index is 476. The largest absolute Gasteiger partial charge is 0.395 e. The van der Waals surface area contributed by atoms with E-state index in [1.807, 2.05) is 0 Å². The predicted octanol–water partition coefficient (Wildman–Crippen LogP) is 0.773. The van der Waals surface area contributed by atoms with Crippen LogP contribution in [0.3, 0.4) is 0 Å². The summed E-state index contributed by atoms with van der Waals surface area (Å²) < 4.78 is 0. The van der Waals surface area contributed by atoms with Crippen molar-refractivity contribution in [2.24, 2.45) is 0 Å². The highest BCUT2D eigenvalue weighted by molar-refractivity contribution is 5.95. The van der Waals surface area contributed by atoms with Gasteiger partial charge in [0.05, 0.1) is 11.5 Å². The Morgan fingerprint density at radius 1 is 1.53 bits per heavy atom. The molecule has 1 rings (SSSR count). The number of carbonyl (C=O) groups excluding carboxylic acids is 1. The van der Waals surface area contributed by atoms with Crippen LogP contribution in [0.2, 0.25) is 0 Å². The van der Waals surface area contributed by atoms with Crippen molar-refractivity contribution in [3.8, 4) is 0 Å². The standard InChI is InChI=1S/C12H17N3O4/c1-3-13-12(17)9-4-5-10(14(2)6-7-16)11(8-9)15(18)19/h4-5,8,16H,3,6-7H2,1-2H3,(H,13,17). The van der Waals surface area contributed by atoms with Gasteiger partial charge >= 0.3 is 0 Å². The Morgan fingerprint density at radius 2 is 2.21 bits per heavy atom. The Labute approximate surface area is 111 Å². The minimum absolute atomic E-state index is 0.105. The van der Waals surface area contributed by atoms with Crippen LogP contribution >= 0.6 is 0 Å². The van der Waals surface area contributed by atoms with E-state index in [1.165, 1.54) is 18.2 Å². The summed E-state index contributed by atoms with van der Waals surface area (Å²) in [7, 11) is 1.64. The summed E-state index contributed by atoms with van der Waals surface area (Å²) in [5.41, 5.74) is 0.460. The van der Waals surface area contributed by atoms with E-state index in [-0.39, 0.29) is 30.3 Å². The Morgan fingerprint density at radius 3 is 2.74 bits per heavy atom. The van der Waals surface area contributed by atoms with Gasteiger partial charge in [-0.1, -0.05) is 0 Å². The maximum absolute atomic E-state index is 11.6. The lowest BCUT2D eigenvalue weighted by Gasteiger charge is -2.18. The third-order valence-corrected chi connectivity index (χ3v) is 2.62. The van der Waals surface area contributed by atoms with Gasteiger partial charge in [0, 0.05) is 31.8 Å². The Kier molecular flexibility index (Phi) is 5.25. The number of likely N-dealkylation sites (N-methyl/N-ethyl adjacent to an activating group) is 1. The van der Waals surface area contributed by atoms with E-state index >= 15 is 0 Å². The van der Waals surface area contributed by atoms with Gasteiger partial charge in [-0.15, -0.1) is 0 Å². The van der Waals surface area contributed by atoms with Crippen LogP contribution in [-0.2, 0) is 0 Å². The Hall–Kier alpha value is -2.15. The van der Waals surface area contributed by atoms with E-state index < -0.39 is 4.92 Å². The number of nitro groups is 1. The van der Waals surface area contributed by atoms with E-state index in [0.717, 1.165) is 0 Å². The maximum Gasteiger partial charge on any atom is 0.293 e. The highest BCUT2D eigenvalue weighted by Gasteiger charge is 2.19. The maximum atomic E-state index is 11.6. The molecule has 7 heteroatoms. The van der Waals surface area contributed by atoms with Gasteiger partial charge in [0.1, 0.15) is 5.69 Å². The number of hydrogen-bond donors (Lipinski definition) is 2. The molecule has 1 aromatic carbocycles. The highest BCUT2D eigenvalue weighted by atomic mass is 16.6. The van der Waals surface area contributed by atoms with Crippen LogP contribution in [0.1, 0.15) is 17.3 Å². The van der Waals surface area contributed by atoms with Crippen molar-refractivity contribution in [1.29, 1.82) is 0 Å². The molecule has 1 amide bonds. The zero-order chi connectivity index (χ0) is 14.4. The normalized spacial score (nSPS) is 10.1. The number of amides is 1. The summed E-state index contributed by atoms with van der Waals surface area (Å²) >= 11 is 0. The lowest BCUT2D eigenvalue weighted by Crippen LogP contribution is -2.24. The van der Waals surface area contributed by atoms with E-state index in [1.54, 1.807) is 18.9 Å². The molecule has 0 fully saturated rings. The van der Waals surface area contributed by atoms with E-state index in [2.05, 4.69) is 5.32 Å². The number of rotatable bonds is 6. The van der Waals surface area contributed by atoms with Crippen LogP contribution in [0.15, 0.2) is 18.2 Å². The first-order valence-electron chi connectivity index (χ1n) is 5.89. The summed E-state index contributed by atoms with van der Waals surface area (Å²) in [4.78, 5) is 23.7. The SMILES string of the molecule is CCNC(=O)c1ccc(N(C)CCO)c([N+](=O)[O-])c1. The van der Waals surface area contributed by atoms with E-state index in [4.69, 9.17) is 5.11 Å². The summed E-state index contributed by atoms with van der Waals surface area (Å²) in [6, 6.07) is 4.29. The van der Waals surface area contributed by atoms with Crippen LogP contribution in [0, 0.1) is 10.1 Å². The summed E-state index contributed by atoms with van der Waals surface area (Å²) in [6.07, 6.45) is 0. The molecule has 1 aromatic rings. The summed E-state index contributed by atoms with van der Waals surface area (Å²) in [6.45, 7) is 2.40. The number of aliphatic hydroxyl groups excluding tert-OH is 1. The number of aliphatic hydroxyl groups is 1. The van der Waals surface area contributed by atoms with Crippen LogP contribution in [-0.4, -0.2) is 42.7 Å². The first kappa shape index (κ1) is 14.9. The van der Waals surface area contributed by atoms with Crippen molar-refractivity contribution in [1.82, 2.24) is 5.32 Å². The van der Waals surface area contributed by atoms with E-state index in [0.29, 0.717) is 12.2 Å². The fraction of sp³-hybridized carbons (Fsp3) is 0.417. The number of nitro benzene ring substituents is 1. The quantitative estimate of drug-likeness (QED) is 0.586. The van der Waals surface area contributed by atoms with Crippen molar-refractivity contribution in [2.75, 3.05) is 31.6 Å². The van der Waals surface area contributed by atoms with Gasteiger partial charge in [-0.05, 0) is 19.1 Å². The van der Waals surface area contributed by atoms with Gasteiger partial charge in [0.25, 0.3) is 11.6 Å². The molecular formula is C12H17N3O4. The third-order valence-electron chi connectivity index (χ3n) is 2.62. The van der Waals surface area contributed by atoms with Gasteiger partial charge in [-0.25, -0.2) is 0 Å². The van der Waals surface area contributed by atoms with Gasteiger partial charge in [-0.2, -0.15) is 0 Å². The van der Waals surface area contributed by atoms with Crippen LogP contribution in [0.4, 0.5) is 11.4 Å². The van der Waals surface area contributed by atoms with Gasteiger partial charge in [0.15, 0.2) is 0 Å². The minimum Gasteiger partial charge on any atom is -0.395 e. The zero-order valence-electron chi connectivity index (χ0n) is 10.9. The topological polar surface area (TPSA) is 95.7 Å². The molecule has 0 aliphatic heterocycles. The van der Waals surface area contributed by atoms with Crippen LogP contribution < -0.4 is 10.2 Å². The first-order chi connectivity index (χ1) is 9.01. The molecular weight excluding hydrogens is 250 g/mol. The second-order valence-electron chi connectivity index (χ2n) is 3.97. The van der Waals surface area contributed by atoms with Gasteiger partial charge in [0.2, 0.25) is 0 Å². The lowest BCUT2D eigenvalue weighted by molar-refractivity contribution is -0.384. The molecule has 19 heavy (non-hydrogen) atoms. The minimum atomic E-state index is -0.536. The first-order valence-corrected chi connectivity index (χ1v) is 5.89. The number of anilines is 1. The molecule has 0 heterocycles. The van der Waals surface area contributed by atoms with Crippen LogP contribution in [0.25, 0.3) is 0 Å². The molecule has 0 bridgehead atoms. The highest BCUT2D eigenvalue weighted by Crippen LogP contribution is 2.28. The zero-order valence-corrected chi connectivity index (χ0v) is 10.9. The fourth-order valence-corrected chi connectivity index (χ4v) is 1.67. The molecule has 0 unspecified atom stereocenters. The van der Waals surface area contributed by atoms with Crippen molar-refractivity contribution < 1.29 is 14.8 Å². The molecule has 104 valence electrons. The van der Waals surface area contributed by atoms with Crippen molar-refractivity contribution >= 4 is 17.3 Å². The third kappa shape index (κ3) is 3.65. The molecule has 0 saturated heterocycles.